The number of aromatic nitrogens is 2. The molecule has 5 rings (SSSR count). The Bertz CT molecular complexity index is 1760. The molecule has 0 bridgehead atoms. The minimum atomic E-state index is -0.552. The Morgan fingerprint density at radius 3 is 2.47 bits per heavy atom. The highest BCUT2D eigenvalue weighted by Crippen LogP contribution is 2.30. The maximum Gasteiger partial charge on any atom is 0.293 e. The van der Waals surface area contributed by atoms with Crippen LogP contribution in [0.4, 0.5) is 27.3 Å². The number of aryl methyl sites for hydroxylation is 1. The second kappa shape index (κ2) is 12.0. The molecule has 2 N–H and O–H groups in total. The summed E-state index contributed by atoms with van der Waals surface area (Å²) in [5.41, 5.74) is 4.49. The zero-order valence-corrected chi connectivity index (χ0v) is 25.9. The summed E-state index contributed by atoms with van der Waals surface area (Å²) in [5, 5.41) is 5.95. The maximum absolute atomic E-state index is 15.1. The van der Waals surface area contributed by atoms with Crippen LogP contribution in [-0.2, 0) is 17.3 Å². The van der Waals surface area contributed by atoms with Crippen LogP contribution in [0.3, 0.4) is 0 Å². The topological polar surface area (TPSA) is 96.3 Å². The quantitative estimate of drug-likeness (QED) is 0.294. The van der Waals surface area contributed by atoms with Crippen LogP contribution in [-0.4, -0.2) is 39.4 Å². The number of amides is 2. The fraction of sp³-hybridized carbons (Fsp3) is 0.273. The first-order chi connectivity index (χ1) is 20.4. The number of nitrogens with one attached hydrogen (secondary N) is 2. The van der Waals surface area contributed by atoms with Crippen LogP contribution in [0.15, 0.2) is 71.7 Å². The molecule has 10 heteroatoms. The summed E-state index contributed by atoms with van der Waals surface area (Å²) < 4.78 is 16.5. The van der Waals surface area contributed by atoms with Crippen LogP contribution in [0.2, 0.25) is 0 Å². The van der Waals surface area contributed by atoms with Crippen LogP contribution in [0, 0.1) is 12.7 Å². The molecule has 0 saturated carbocycles. The molecule has 8 nitrogen and oxygen atoms in total. The van der Waals surface area contributed by atoms with Crippen molar-refractivity contribution in [3.05, 3.63) is 99.7 Å². The number of hydrogen-bond acceptors (Lipinski definition) is 5. The number of hydrogen-bond donors (Lipinski definition) is 2. The van der Waals surface area contributed by atoms with Gasteiger partial charge < -0.3 is 20.1 Å². The van der Waals surface area contributed by atoms with Gasteiger partial charge in [0.2, 0.25) is 5.91 Å². The summed E-state index contributed by atoms with van der Waals surface area (Å²) >= 11 is 0.568. The van der Waals surface area contributed by atoms with Gasteiger partial charge in [-0.05, 0) is 65.6 Å². The summed E-state index contributed by atoms with van der Waals surface area (Å²) in [6.45, 7) is 8.74. The predicted octanol–water partition coefficient (Wildman–Crippen LogP) is 5.73. The van der Waals surface area contributed by atoms with E-state index in [1.807, 2.05) is 49.4 Å². The van der Waals surface area contributed by atoms with E-state index in [0.29, 0.717) is 46.7 Å². The average Bonchev–Trinajstić information content (AvgIpc) is 2.97. The minimum absolute atomic E-state index is 0.0121. The van der Waals surface area contributed by atoms with Gasteiger partial charge >= 0.3 is 0 Å². The highest BCUT2D eigenvalue weighted by atomic mass is 32.2. The van der Waals surface area contributed by atoms with Gasteiger partial charge in [0.05, 0.1) is 17.1 Å². The number of halogens is 1. The third kappa shape index (κ3) is 6.49. The van der Waals surface area contributed by atoms with Gasteiger partial charge in [-0.2, -0.15) is 0 Å². The molecule has 0 spiro atoms. The van der Waals surface area contributed by atoms with E-state index in [4.69, 9.17) is 0 Å². The van der Waals surface area contributed by atoms with E-state index in [2.05, 4.69) is 36.4 Å². The summed E-state index contributed by atoms with van der Waals surface area (Å²) in [7, 11) is 1.62. The first-order valence-corrected chi connectivity index (χ1v) is 15.5. The van der Waals surface area contributed by atoms with Crippen molar-refractivity contribution < 1.29 is 14.0 Å². The highest BCUT2D eigenvalue weighted by molar-refractivity contribution is 8.00. The van der Waals surface area contributed by atoms with Crippen LogP contribution in [0.1, 0.15) is 42.3 Å². The Morgan fingerprint density at radius 2 is 1.79 bits per heavy atom. The second-order valence-electron chi connectivity index (χ2n) is 11.7. The third-order valence-corrected chi connectivity index (χ3v) is 8.66. The van der Waals surface area contributed by atoms with Gasteiger partial charge in [0.1, 0.15) is 5.82 Å². The molecular weight excluding hydrogens is 565 g/mol. The summed E-state index contributed by atoms with van der Waals surface area (Å²) in [5.74, 6) is 0.445. The zero-order chi connectivity index (χ0) is 30.9. The number of rotatable bonds is 6. The van der Waals surface area contributed by atoms with Crippen molar-refractivity contribution in [3.63, 3.8) is 0 Å². The van der Waals surface area contributed by atoms with E-state index in [1.54, 1.807) is 25.4 Å². The number of carbonyl (C=O) groups is 2. The fourth-order valence-corrected chi connectivity index (χ4v) is 5.95. The van der Waals surface area contributed by atoms with Gasteiger partial charge in [-0.15, -0.1) is 0 Å². The molecule has 43 heavy (non-hydrogen) atoms. The smallest absolute Gasteiger partial charge is 0.293 e. The van der Waals surface area contributed by atoms with E-state index in [0.717, 1.165) is 22.4 Å². The summed E-state index contributed by atoms with van der Waals surface area (Å²) in [6, 6.07) is 17.5. The Hall–Kier alpha value is -4.44. The van der Waals surface area contributed by atoms with Crippen molar-refractivity contribution in [1.29, 1.82) is 0 Å². The van der Waals surface area contributed by atoms with Crippen molar-refractivity contribution in [2.45, 2.75) is 33.1 Å². The average molecular weight is 602 g/mol. The minimum Gasteiger partial charge on any atom is -0.335 e. The lowest BCUT2D eigenvalue weighted by Gasteiger charge is -2.28. The molecule has 1 aromatic heterocycles. The number of benzene rings is 3. The van der Waals surface area contributed by atoms with E-state index < -0.39 is 5.82 Å². The highest BCUT2D eigenvalue weighted by Gasteiger charge is 2.22. The second-order valence-corrected chi connectivity index (χ2v) is 13.0. The third-order valence-electron chi connectivity index (χ3n) is 7.53. The van der Waals surface area contributed by atoms with Crippen molar-refractivity contribution >= 4 is 46.5 Å². The van der Waals surface area contributed by atoms with Gasteiger partial charge in [0, 0.05) is 42.3 Å². The van der Waals surface area contributed by atoms with Crippen molar-refractivity contribution in [2.24, 2.45) is 7.05 Å². The normalized spacial score (nSPS) is 14.6. The molecule has 224 valence electrons. The Labute approximate surface area is 254 Å². The largest absolute Gasteiger partial charge is 0.335 e. The Kier molecular flexibility index (Phi) is 8.41. The standard InChI is InChI=1S/C33H36FN5O3S/c1-20-24(7-6-8-26(20)37-31(41)21-9-11-22(12-10-21)33(2,3)4)27-18-38(5)32(42)30(36-27)35-23-13-14-28(25(34)17-23)39-15-16-43-19-29(39)40/h6-14,17-18H,15-16,19,43H2,1-5H3,(H,35,36)(H,37,41). The molecule has 0 unspecified atom stereocenters. The van der Waals surface area contributed by atoms with Gasteiger partial charge in [0.25, 0.3) is 11.5 Å². The fourth-order valence-electron chi connectivity index (χ4n) is 4.98. The molecule has 1 aliphatic heterocycles. The maximum atomic E-state index is 15.1. The first-order valence-electron chi connectivity index (χ1n) is 14.1. The molecule has 1 aliphatic rings. The molecular formula is C33H36FN5O3S. The van der Waals surface area contributed by atoms with Gasteiger partial charge in [-0.1, -0.05) is 45.0 Å². The van der Waals surface area contributed by atoms with Crippen LogP contribution in [0.25, 0.3) is 11.3 Å². The van der Waals surface area contributed by atoms with Gasteiger partial charge in [-0.3, -0.25) is 26.1 Å². The molecule has 2 heterocycles. The molecule has 3 aromatic carbocycles. The Balaban J connectivity index is 1.39. The van der Waals surface area contributed by atoms with Crippen molar-refractivity contribution in [2.75, 3.05) is 33.6 Å². The van der Waals surface area contributed by atoms with E-state index in [-0.39, 0.29) is 34.3 Å². The molecule has 4 aromatic rings. The van der Waals surface area contributed by atoms with Crippen molar-refractivity contribution in [3.8, 4) is 11.3 Å². The van der Waals surface area contributed by atoms with Gasteiger partial charge in [-0.25, -0.2) is 9.37 Å². The van der Waals surface area contributed by atoms with Crippen LogP contribution >= 0.6 is 11.8 Å². The monoisotopic (exact) mass is 601 g/mol. The number of carbonyl (C=O) groups excluding carboxylic acids is 2. The molecule has 0 radical (unpaired) electrons. The first kappa shape index (κ1) is 30.0. The number of anilines is 4. The Morgan fingerprint density at radius 1 is 1.05 bits per heavy atom. The van der Waals surface area contributed by atoms with E-state index in [1.165, 1.54) is 15.5 Å². The lowest BCUT2D eigenvalue weighted by molar-refractivity contribution is -0.116. The number of nitrogens with zero attached hydrogens (tertiary/aromatic N) is 3. The van der Waals surface area contributed by atoms with Gasteiger partial charge in [0.15, 0.2) is 5.82 Å². The predicted molar refractivity (Wildman–Crippen MR) is 175 cm³/mol. The molecule has 1 saturated heterocycles. The van der Waals surface area contributed by atoms with Crippen LogP contribution in [0.5, 0.6) is 0 Å². The zero-order valence-electron chi connectivity index (χ0n) is 24.9. The summed E-state index contributed by atoms with van der Waals surface area (Å²) in [6.07, 6.45) is 1.62. The lowest BCUT2D eigenvalue weighted by atomic mass is 9.86. The summed E-state index contributed by atoms with van der Waals surface area (Å²) in [4.78, 5) is 44.4. The lowest BCUT2D eigenvalue weighted by Crippen LogP contribution is -2.38. The molecule has 0 atom stereocenters. The molecule has 0 aliphatic carbocycles. The van der Waals surface area contributed by atoms with Crippen molar-refractivity contribution in [1.82, 2.24) is 9.55 Å². The molecule has 2 amide bonds. The molecule has 1 fully saturated rings. The van der Waals surface area contributed by atoms with Crippen LogP contribution < -0.4 is 21.1 Å². The SMILES string of the molecule is Cc1c(NC(=O)c2ccc(C(C)(C)C)cc2)cccc1-c1cn(C)c(=O)c(Nc2ccc(N3CC[SH2]CC3=O)c(F)c2)n1. The van der Waals surface area contributed by atoms with E-state index in [9.17, 15) is 14.4 Å². The van der Waals surface area contributed by atoms with E-state index >= 15 is 4.39 Å².